The highest BCUT2D eigenvalue weighted by Crippen LogP contribution is 2.60. The normalized spacial score (nSPS) is 14.5. The van der Waals surface area contributed by atoms with E-state index in [1.54, 1.807) is 0 Å². The van der Waals surface area contributed by atoms with Crippen molar-refractivity contribution in [1.29, 1.82) is 0 Å². The van der Waals surface area contributed by atoms with Crippen LogP contribution in [0.2, 0.25) is 0 Å². The fraction of sp³-hybridized carbons (Fsp3) is 0.200. The first-order valence-electron chi connectivity index (χ1n) is 35.2. The highest BCUT2D eigenvalue weighted by molar-refractivity contribution is 6.35. The predicted molar refractivity (Wildman–Crippen MR) is 395 cm³/mol. The van der Waals surface area contributed by atoms with Gasteiger partial charge in [0.15, 0.2) is 0 Å². The van der Waals surface area contributed by atoms with E-state index in [1.807, 2.05) is 0 Å². The minimum absolute atomic E-state index is 0. The molecule has 129 heavy (non-hydrogen) atoms. The fourth-order valence-electron chi connectivity index (χ4n) is 14.8. The van der Waals surface area contributed by atoms with Gasteiger partial charge in [-0.05, 0) is 184 Å². The number of nitrogens with two attached hydrogens (primary N) is 2. The Morgan fingerprint density at radius 3 is 0.783 bits per heavy atom. The van der Waals surface area contributed by atoms with Crippen LogP contribution in [0.25, 0.3) is 33.4 Å². The van der Waals surface area contributed by atoms with Crippen molar-refractivity contribution in [3.8, 4) is 33.4 Å². The Kier molecular flexibility index (Phi) is 24.8. The van der Waals surface area contributed by atoms with Crippen molar-refractivity contribution in [2.45, 2.75) is 108 Å². The van der Waals surface area contributed by atoms with E-state index in [2.05, 4.69) is 9.47 Å². The number of ether oxygens (including phenoxy) is 2. The first-order chi connectivity index (χ1) is 58.3. The maximum atomic E-state index is 15.5. The van der Waals surface area contributed by atoms with Gasteiger partial charge in [-0.15, -0.1) is 0 Å². The summed E-state index contributed by atoms with van der Waals surface area (Å²) in [7, 11) is 0. The second-order valence-corrected chi connectivity index (χ2v) is 28.1. The third-order valence-electron chi connectivity index (χ3n) is 20.5. The summed E-state index contributed by atoms with van der Waals surface area (Å²) in [5, 5.41) is 0. The lowest BCUT2D eigenvalue weighted by molar-refractivity contribution is -0.290. The van der Waals surface area contributed by atoms with Gasteiger partial charge in [0.2, 0.25) is 10.8 Å². The predicted octanol–water partition coefficient (Wildman–Crippen LogP) is 24.5. The van der Waals surface area contributed by atoms with E-state index in [4.69, 9.17) is 11.5 Å². The number of aryl methyl sites for hydroxylation is 2. The van der Waals surface area contributed by atoms with Gasteiger partial charge in [0.05, 0.1) is 89.3 Å². The van der Waals surface area contributed by atoms with Crippen LogP contribution in [0.5, 0.6) is 0 Å². The standard InChI is InChI=1S/C50H26F18N2O4.C19H6F6O6.C14H10F6N2.2CH4/c1-3-23-5-11-29(37(17-23)46(54,55)56)31-15-9-27(21-39(31)48(60,61)62)70-41(72)33-13-7-25(19-35(33)43(70)74)44(49(63,64)65,50(66,67)68)24-6-12-32-34(18-24)42(73)69(40(32)71)26-8-14-30(38(20-26)47(57,58)59)28-10-4-22(2)16-36(28)45(51,52)53;20-18(21,22)17(19(23,24)25,7-1-3-9-11(5-7)15(28)30-13(9)26)8-2-4-10-12(6-8)16(29)31-14(10)27;15-13(16,17)11-5-7(21)1-3-9(11)10-4-2-8(22)6-12(10)14(18,19)20;;/h4-21H,3H2,1-2H3;1-6H;1-6H,21-22H2;2*1H4. The van der Waals surface area contributed by atoms with Crippen LogP contribution in [0.4, 0.5) is 154 Å². The number of hydrogen-bond donors (Lipinski definition) is 2. The van der Waals surface area contributed by atoms with Gasteiger partial charge in [-0.3, -0.25) is 19.2 Å². The minimum atomic E-state index is -6.55. The number of anilines is 4. The zero-order valence-electron chi connectivity index (χ0n) is 62.5. The summed E-state index contributed by atoms with van der Waals surface area (Å²) >= 11 is 0. The number of hydrogen-bond acceptors (Lipinski definition) is 12. The molecule has 10 aromatic rings. The Balaban J connectivity index is 0.000000255. The number of nitrogens with zero attached hydrogens (tertiary/aromatic N) is 2. The van der Waals surface area contributed by atoms with Crippen LogP contribution >= 0.6 is 0 Å². The molecule has 0 saturated heterocycles. The van der Waals surface area contributed by atoms with Crippen molar-refractivity contribution in [1.82, 2.24) is 0 Å². The molecule has 0 fully saturated rings. The molecule has 4 heterocycles. The lowest BCUT2D eigenvalue weighted by Gasteiger charge is -2.38. The quantitative estimate of drug-likeness (QED) is 0.0430. The lowest BCUT2D eigenvalue weighted by atomic mass is 9.71. The van der Waals surface area contributed by atoms with Crippen molar-refractivity contribution in [3.05, 3.63) is 293 Å². The van der Waals surface area contributed by atoms with Crippen molar-refractivity contribution in [2.75, 3.05) is 21.3 Å². The number of halogens is 30. The topological polar surface area (TPSA) is 214 Å². The third-order valence-corrected chi connectivity index (χ3v) is 20.5. The fourth-order valence-corrected chi connectivity index (χ4v) is 14.8. The monoisotopic (exact) mass is 1860 g/mol. The van der Waals surface area contributed by atoms with Crippen molar-refractivity contribution < 1.29 is 180 Å². The number of carbonyl (C=O) groups is 8. The summed E-state index contributed by atoms with van der Waals surface area (Å²) in [5.41, 5.74) is -29.8. The molecular formula is C85H50F30N4O10. The first kappa shape index (κ1) is 97.5. The molecule has 14 rings (SSSR count). The molecule has 4 N–H and O–H groups in total. The summed E-state index contributed by atoms with van der Waals surface area (Å²) in [6.45, 7) is 2.69. The summed E-state index contributed by atoms with van der Waals surface area (Å²) in [6.07, 6.45) is -56.2. The summed E-state index contributed by atoms with van der Waals surface area (Å²) in [5.74, 6) is -12.0. The first-order valence-corrected chi connectivity index (χ1v) is 35.2. The third kappa shape index (κ3) is 17.1. The van der Waals surface area contributed by atoms with Crippen LogP contribution in [0, 0.1) is 6.92 Å². The minimum Gasteiger partial charge on any atom is -0.399 e. The summed E-state index contributed by atoms with van der Waals surface area (Å²) in [4.78, 5) is 101. The second kappa shape index (κ2) is 32.8. The van der Waals surface area contributed by atoms with Gasteiger partial charge in [0.25, 0.3) is 23.6 Å². The number of cyclic esters (lactones) is 4. The van der Waals surface area contributed by atoms with Gasteiger partial charge in [0.1, 0.15) is 0 Å². The summed E-state index contributed by atoms with van der Waals surface area (Å²) < 4.78 is 437. The van der Waals surface area contributed by atoms with Crippen molar-refractivity contribution in [3.63, 3.8) is 0 Å². The number of fused-ring (bicyclic) bond motifs is 4. The lowest BCUT2D eigenvalue weighted by Crippen LogP contribution is -2.55. The molecule has 4 aliphatic rings. The Hall–Kier alpha value is -13.7. The number of alkyl halides is 30. The Morgan fingerprint density at radius 1 is 0.256 bits per heavy atom. The average Bonchev–Trinajstić information content (AvgIpc) is 1.69. The van der Waals surface area contributed by atoms with Gasteiger partial charge < -0.3 is 20.9 Å². The molecule has 0 bridgehead atoms. The van der Waals surface area contributed by atoms with Crippen LogP contribution in [-0.4, -0.2) is 72.2 Å². The van der Waals surface area contributed by atoms with Crippen LogP contribution in [0.3, 0.4) is 0 Å². The van der Waals surface area contributed by atoms with E-state index >= 15 is 26.3 Å². The van der Waals surface area contributed by atoms with Crippen LogP contribution in [0.15, 0.2) is 182 Å². The number of amides is 4. The smallest absolute Gasteiger partial charge is 0.399 e. The number of imide groups is 2. The van der Waals surface area contributed by atoms with Crippen LogP contribution in [0.1, 0.15) is 171 Å². The SMILES string of the molecule is C.C.CCc1ccc(-c2ccc(N3C(=O)c4ccc(C(c5ccc6c(c5)C(=O)N(c5ccc(-c7ccc(C)cc7C(F)(F)F)c(C(F)(F)F)c5)C6=O)(C(F)(F)F)C(F)(F)F)cc4C3=O)cc2C(F)(F)F)c(C(F)(F)F)c1.Nc1ccc(-c2ccc(N)cc2C(F)(F)F)c(C(F)(F)F)c1.O=C1OC(=O)c2cc(C(c3ccc4c(c3)C(=O)OC4=O)(C(F)(F)F)C(F)(F)F)ccc21. The van der Waals surface area contributed by atoms with E-state index < -0.39 is 265 Å². The number of rotatable bonds is 10. The molecular weight excluding hydrogens is 1810 g/mol. The number of nitrogen functional groups attached to an aromatic ring is 2. The highest BCUT2D eigenvalue weighted by Gasteiger charge is 2.75. The Labute approximate surface area is 703 Å². The number of esters is 4. The molecule has 0 aliphatic carbocycles. The van der Waals surface area contributed by atoms with Gasteiger partial charge in [0, 0.05) is 11.4 Å². The molecule has 0 unspecified atom stereocenters. The molecule has 4 aliphatic heterocycles. The van der Waals surface area contributed by atoms with Crippen LogP contribution < -0.4 is 21.3 Å². The number of benzene rings is 10. The summed E-state index contributed by atoms with van der Waals surface area (Å²) in [6, 6.07) is 15.6. The average molecular weight is 1860 g/mol. The molecule has 680 valence electrons. The Bertz CT molecular complexity index is 6140. The molecule has 0 radical (unpaired) electrons. The van der Waals surface area contributed by atoms with E-state index in [9.17, 15) is 144 Å². The molecule has 0 aromatic heterocycles. The van der Waals surface area contributed by atoms with Crippen molar-refractivity contribution in [2.24, 2.45) is 0 Å². The molecule has 0 spiro atoms. The zero-order valence-corrected chi connectivity index (χ0v) is 62.5. The zero-order chi connectivity index (χ0) is 94.4. The molecule has 0 saturated carbocycles. The maximum Gasteiger partial charge on any atom is 0.417 e. The van der Waals surface area contributed by atoms with Gasteiger partial charge >= 0.3 is 85.6 Å². The molecule has 44 heteroatoms. The van der Waals surface area contributed by atoms with Crippen molar-refractivity contribution >= 4 is 70.3 Å². The maximum absolute atomic E-state index is 15.5. The molecule has 10 aromatic carbocycles. The Morgan fingerprint density at radius 2 is 0.488 bits per heavy atom. The molecule has 0 atom stereocenters. The van der Waals surface area contributed by atoms with E-state index in [0.717, 1.165) is 48.5 Å². The molecule has 14 nitrogen and oxygen atoms in total. The van der Waals surface area contributed by atoms with Gasteiger partial charge in [-0.1, -0.05) is 100 Å². The highest BCUT2D eigenvalue weighted by atomic mass is 19.5. The van der Waals surface area contributed by atoms with E-state index in [1.165, 1.54) is 13.8 Å². The van der Waals surface area contributed by atoms with E-state index in [-0.39, 0.29) is 102 Å². The second-order valence-electron chi connectivity index (χ2n) is 28.1. The largest absolute Gasteiger partial charge is 0.417 e. The van der Waals surface area contributed by atoms with Gasteiger partial charge in [-0.2, -0.15) is 132 Å². The molecule has 4 amide bonds. The number of carbonyl (C=O) groups excluding carboxylic acids is 8. The van der Waals surface area contributed by atoms with Crippen LogP contribution in [-0.2, 0) is 63.8 Å². The van der Waals surface area contributed by atoms with Gasteiger partial charge in [-0.25, -0.2) is 29.0 Å². The van der Waals surface area contributed by atoms with E-state index in [0.29, 0.717) is 84.9 Å².